The van der Waals surface area contributed by atoms with Gasteiger partial charge in [0.25, 0.3) is 0 Å². The topological polar surface area (TPSA) is 95.9 Å². The van der Waals surface area contributed by atoms with Crippen LogP contribution >= 0.6 is 0 Å². The largest absolute Gasteiger partial charge is 0.466 e. The number of nitrogens with one attached hydrogen (secondary N) is 1. The molecule has 0 aliphatic carbocycles. The zero-order valence-electron chi connectivity index (χ0n) is 39.5. The molecule has 1 amide bonds. The Morgan fingerprint density at radius 3 is 1.24 bits per heavy atom. The zero-order valence-corrected chi connectivity index (χ0v) is 39.5. The van der Waals surface area contributed by atoms with Crippen molar-refractivity contribution in [2.45, 2.75) is 289 Å². The molecule has 59 heavy (non-hydrogen) atoms. The molecule has 2 unspecified atom stereocenters. The average molecular weight is 832 g/mol. The molecule has 0 aromatic heterocycles. The van der Waals surface area contributed by atoms with Gasteiger partial charge in [0.2, 0.25) is 5.91 Å². The third-order valence-electron chi connectivity index (χ3n) is 12.0. The summed E-state index contributed by atoms with van der Waals surface area (Å²) in [6, 6.07) is -0.579. The molecule has 0 heterocycles. The smallest absolute Gasteiger partial charge is 0.305 e. The van der Waals surface area contributed by atoms with Crippen molar-refractivity contribution < 1.29 is 24.5 Å². The lowest BCUT2D eigenvalue weighted by Gasteiger charge is -2.22. The molecular weight excluding hydrogens is 731 g/mol. The summed E-state index contributed by atoms with van der Waals surface area (Å²) in [5.74, 6) is -0.134. The lowest BCUT2D eigenvalue weighted by atomic mass is 10.0. The van der Waals surface area contributed by atoms with E-state index in [0.29, 0.717) is 25.9 Å². The number of ether oxygens (including phenoxy) is 1. The van der Waals surface area contributed by atoms with Crippen LogP contribution in [0.3, 0.4) is 0 Å². The Morgan fingerprint density at radius 1 is 0.458 bits per heavy atom. The Labute approximate surface area is 367 Å². The third-order valence-corrected chi connectivity index (χ3v) is 12.0. The van der Waals surface area contributed by atoms with Crippen LogP contribution < -0.4 is 5.32 Å². The van der Waals surface area contributed by atoms with Crippen molar-refractivity contribution in [2.75, 3.05) is 13.2 Å². The number of rotatable bonds is 48. The van der Waals surface area contributed by atoms with E-state index in [1.807, 2.05) is 0 Å². The highest BCUT2D eigenvalue weighted by atomic mass is 16.5. The first-order chi connectivity index (χ1) is 29.0. The van der Waals surface area contributed by atoms with E-state index in [1.54, 1.807) is 0 Å². The van der Waals surface area contributed by atoms with Crippen molar-refractivity contribution in [1.29, 1.82) is 0 Å². The number of carbonyl (C=O) groups is 2. The molecule has 0 spiro atoms. The van der Waals surface area contributed by atoms with E-state index >= 15 is 0 Å². The molecular formula is C53H101NO5. The molecule has 0 fully saturated rings. The van der Waals surface area contributed by atoms with Crippen LogP contribution in [0.4, 0.5) is 0 Å². The van der Waals surface area contributed by atoms with E-state index in [0.717, 1.165) is 70.6 Å². The minimum absolute atomic E-state index is 0.0386. The number of esters is 1. The number of hydrogen-bond acceptors (Lipinski definition) is 5. The van der Waals surface area contributed by atoms with Crippen LogP contribution in [-0.2, 0) is 14.3 Å². The van der Waals surface area contributed by atoms with Crippen LogP contribution in [0.15, 0.2) is 24.3 Å². The van der Waals surface area contributed by atoms with Crippen LogP contribution in [0.5, 0.6) is 0 Å². The monoisotopic (exact) mass is 832 g/mol. The lowest BCUT2D eigenvalue weighted by molar-refractivity contribution is -0.143. The van der Waals surface area contributed by atoms with Crippen LogP contribution in [-0.4, -0.2) is 47.4 Å². The number of unbranched alkanes of at least 4 members (excludes halogenated alkanes) is 33. The number of allylic oxidation sites excluding steroid dienone is 4. The molecule has 348 valence electrons. The first kappa shape index (κ1) is 57.3. The molecule has 0 rings (SSSR count). The van der Waals surface area contributed by atoms with Crippen molar-refractivity contribution in [1.82, 2.24) is 5.32 Å². The molecule has 0 aliphatic rings. The average Bonchev–Trinajstić information content (AvgIpc) is 3.24. The first-order valence-corrected chi connectivity index (χ1v) is 26.1. The summed E-state index contributed by atoms with van der Waals surface area (Å²) in [5.41, 5.74) is 0. The molecule has 0 aliphatic heterocycles. The normalized spacial score (nSPS) is 12.8. The van der Waals surface area contributed by atoms with Gasteiger partial charge in [-0.25, -0.2) is 0 Å². The highest BCUT2D eigenvalue weighted by molar-refractivity contribution is 5.76. The summed E-state index contributed by atoms with van der Waals surface area (Å²) >= 11 is 0. The highest BCUT2D eigenvalue weighted by Crippen LogP contribution is 2.16. The minimum atomic E-state index is -0.695. The summed E-state index contributed by atoms with van der Waals surface area (Å²) in [6.07, 6.45) is 57.3. The van der Waals surface area contributed by atoms with Crippen molar-refractivity contribution in [3.63, 3.8) is 0 Å². The molecule has 3 N–H and O–H groups in total. The molecule has 6 heteroatoms. The van der Waals surface area contributed by atoms with Gasteiger partial charge in [0, 0.05) is 12.8 Å². The second-order valence-electron chi connectivity index (χ2n) is 17.8. The maximum atomic E-state index is 12.4. The predicted molar refractivity (Wildman–Crippen MR) is 255 cm³/mol. The molecule has 2 atom stereocenters. The first-order valence-electron chi connectivity index (χ1n) is 26.1. The molecule has 0 aromatic carbocycles. The summed E-state index contributed by atoms with van der Waals surface area (Å²) in [7, 11) is 0. The maximum absolute atomic E-state index is 12.4. The number of aliphatic hydroxyl groups is 2. The second-order valence-corrected chi connectivity index (χ2v) is 17.8. The van der Waals surface area contributed by atoms with Crippen molar-refractivity contribution in [3.8, 4) is 0 Å². The van der Waals surface area contributed by atoms with Gasteiger partial charge in [-0.15, -0.1) is 0 Å². The van der Waals surface area contributed by atoms with Crippen LogP contribution in [0, 0.1) is 0 Å². The third kappa shape index (κ3) is 45.7. The quantitative estimate of drug-likeness (QED) is 0.0322. The molecule has 6 nitrogen and oxygen atoms in total. The fourth-order valence-corrected chi connectivity index (χ4v) is 7.93. The van der Waals surface area contributed by atoms with E-state index < -0.39 is 12.1 Å². The standard InChI is InChI=1S/C53H101NO5/c1-3-5-7-9-11-13-15-17-19-20-21-23-25-27-31-35-39-43-47-53(58)59-48-44-40-36-32-28-30-34-38-42-46-52(57)54-50(49-55)51(56)45-41-37-33-29-26-24-22-18-16-14-12-10-8-6-4-2/h19-20,30,34,50-51,55-56H,3-18,21-29,31-33,35-49H2,1-2H3,(H,54,57)/b20-19-,34-30-. The fourth-order valence-electron chi connectivity index (χ4n) is 7.93. The molecule has 0 saturated heterocycles. The van der Waals surface area contributed by atoms with Crippen molar-refractivity contribution in [2.24, 2.45) is 0 Å². The summed E-state index contributed by atoms with van der Waals surface area (Å²) in [5, 5.41) is 23.2. The Balaban J connectivity index is 3.52. The van der Waals surface area contributed by atoms with Gasteiger partial charge in [-0.1, -0.05) is 218 Å². The number of hydrogen-bond donors (Lipinski definition) is 3. The number of carbonyl (C=O) groups excluding carboxylic acids is 2. The van der Waals surface area contributed by atoms with Crippen LogP contribution in [0.1, 0.15) is 277 Å². The van der Waals surface area contributed by atoms with Gasteiger partial charge >= 0.3 is 5.97 Å². The predicted octanol–water partition coefficient (Wildman–Crippen LogP) is 15.5. The minimum Gasteiger partial charge on any atom is -0.466 e. The van der Waals surface area contributed by atoms with Crippen LogP contribution in [0.25, 0.3) is 0 Å². The van der Waals surface area contributed by atoms with Gasteiger partial charge < -0.3 is 20.3 Å². The van der Waals surface area contributed by atoms with Gasteiger partial charge in [0.05, 0.1) is 25.4 Å². The zero-order chi connectivity index (χ0) is 43.0. The molecule has 0 aromatic rings. The maximum Gasteiger partial charge on any atom is 0.305 e. The summed E-state index contributed by atoms with van der Waals surface area (Å²) < 4.78 is 5.45. The Hall–Kier alpha value is -1.66. The van der Waals surface area contributed by atoms with Gasteiger partial charge in [-0.05, 0) is 70.6 Å². The van der Waals surface area contributed by atoms with Crippen molar-refractivity contribution in [3.05, 3.63) is 24.3 Å². The van der Waals surface area contributed by atoms with E-state index in [-0.39, 0.29) is 18.5 Å². The SMILES string of the molecule is CCCCCCCCC/C=C\CCCCCCCCCC(=O)OCCCCCC/C=C\CCCC(=O)NC(CO)C(O)CCCCCCCCCCCCCCCCC. The Morgan fingerprint density at radius 2 is 0.814 bits per heavy atom. The lowest BCUT2D eigenvalue weighted by Crippen LogP contribution is -2.45. The van der Waals surface area contributed by atoms with E-state index in [2.05, 4.69) is 43.5 Å². The van der Waals surface area contributed by atoms with Gasteiger partial charge in [-0.3, -0.25) is 9.59 Å². The number of aliphatic hydroxyl groups excluding tert-OH is 2. The summed E-state index contributed by atoms with van der Waals surface area (Å²) in [6.45, 7) is 4.86. The fraction of sp³-hybridized carbons (Fsp3) is 0.887. The summed E-state index contributed by atoms with van der Waals surface area (Å²) in [4.78, 5) is 24.5. The van der Waals surface area contributed by atoms with E-state index in [1.165, 1.54) is 173 Å². The van der Waals surface area contributed by atoms with Crippen LogP contribution in [0.2, 0.25) is 0 Å². The molecule has 0 radical (unpaired) electrons. The van der Waals surface area contributed by atoms with Gasteiger partial charge in [0.15, 0.2) is 0 Å². The highest BCUT2D eigenvalue weighted by Gasteiger charge is 2.20. The van der Waals surface area contributed by atoms with Crippen molar-refractivity contribution >= 4 is 11.9 Å². The molecule has 0 bridgehead atoms. The molecule has 0 saturated carbocycles. The van der Waals surface area contributed by atoms with Gasteiger partial charge in [-0.2, -0.15) is 0 Å². The van der Waals surface area contributed by atoms with E-state index in [4.69, 9.17) is 4.74 Å². The second kappa shape index (κ2) is 49.0. The Bertz CT molecular complexity index is 920. The number of amides is 1. The van der Waals surface area contributed by atoms with Gasteiger partial charge in [0.1, 0.15) is 0 Å². The van der Waals surface area contributed by atoms with E-state index in [9.17, 15) is 19.8 Å². The Kier molecular flexibility index (Phi) is 47.6.